The number of nitrogens with zero attached hydrogens (tertiary/aromatic N) is 1. The van der Waals surface area contributed by atoms with Crippen molar-refractivity contribution in [3.05, 3.63) is 51.0 Å². The molecule has 0 radical (unpaired) electrons. The average Bonchev–Trinajstić information content (AvgIpc) is 2.51. The summed E-state index contributed by atoms with van der Waals surface area (Å²) < 4.78 is 5.65. The van der Waals surface area contributed by atoms with E-state index in [-0.39, 0.29) is 11.2 Å². The van der Waals surface area contributed by atoms with Gasteiger partial charge in [-0.1, -0.05) is 19.9 Å². The fraction of sp³-hybridized carbons (Fsp3) is 0.421. The molecule has 0 fully saturated rings. The van der Waals surface area contributed by atoms with Crippen LogP contribution in [-0.4, -0.2) is 23.8 Å². The number of esters is 1. The Hall–Kier alpha value is -1.95. The third-order valence-electron chi connectivity index (χ3n) is 4.68. The minimum absolute atomic E-state index is 0.0550. The number of dihydropyridines is 1. The van der Waals surface area contributed by atoms with Crippen LogP contribution in [0, 0.1) is 5.41 Å². The van der Waals surface area contributed by atoms with Crippen molar-refractivity contribution >= 4 is 27.7 Å². The highest BCUT2D eigenvalue weighted by atomic mass is 79.9. The van der Waals surface area contributed by atoms with E-state index >= 15 is 0 Å². The maximum atomic E-state index is 13.0. The van der Waals surface area contributed by atoms with Crippen LogP contribution < -0.4 is 5.32 Å². The lowest BCUT2D eigenvalue weighted by molar-refractivity contribution is -0.136. The number of Topliss-reactive ketones (excluding diaryl/α,β-unsaturated/α-hetero) is 1. The number of nitrogens with one attached hydrogen (secondary N) is 1. The predicted molar refractivity (Wildman–Crippen MR) is 97.6 cm³/mol. The van der Waals surface area contributed by atoms with Crippen LogP contribution in [0.4, 0.5) is 0 Å². The summed E-state index contributed by atoms with van der Waals surface area (Å²) in [5.41, 5.74) is 3.23. The summed E-state index contributed by atoms with van der Waals surface area (Å²) in [5, 5.41) is 3.28. The summed E-state index contributed by atoms with van der Waals surface area (Å²) in [6.07, 6.45) is 1.20. The molecular weight excluding hydrogens is 384 g/mol. The molecule has 0 unspecified atom stereocenters. The number of aromatic nitrogens is 1. The lowest BCUT2D eigenvalue weighted by atomic mass is 9.69. The summed E-state index contributed by atoms with van der Waals surface area (Å²) in [6, 6.07) is 5.52. The summed E-state index contributed by atoms with van der Waals surface area (Å²) in [6.45, 7) is 6.00. The van der Waals surface area contributed by atoms with Gasteiger partial charge in [-0.2, -0.15) is 0 Å². The predicted octanol–water partition coefficient (Wildman–Crippen LogP) is 3.62. The summed E-state index contributed by atoms with van der Waals surface area (Å²) in [4.78, 5) is 29.9. The molecular formula is C19H21BrN2O3. The molecule has 0 spiro atoms. The van der Waals surface area contributed by atoms with Crippen LogP contribution in [0.2, 0.25) is 0 Å². The molecule has 0 aromatic carbocycles. The molecule has 6 heteroatoms. The molecule has 1 N–H and O–H groups in total. The topological polar surface area (TPSA) is 68.3 Å². The van der Waals surface area contributed by atoms with Crippen molar-refractivity contribution in [3.8, 4) is 0 Å². The Balaban J connectivity index is 2.21. The maximum absolute atomic E-state index is 13.0. The third-order valence-corrected chi connectivity index (χ3v) is 5.12. The number of hydrogen-bond acceptors (Lipinski definition) is 5. The first-order chi connectivity index (χ1) is 11.7. The number of halogens is 1. The highest BCUT2D eigenvalue weighted by Crippen LogP contribution is 2.46. The fourth-order valence-corrected chi connectivity index (χ4v) is 4.05. The second-order valence-electron chi connectivity index (χ2n) is 7.31. The first kappa shape index (κ1) is 17.9. The molecule has 0 amide bonds. The van der Waals surface area contributed by atoms with Gasteiger partial charge in [0, 0.05) is 23.4 Å². The van der Waals surface area contributed by atoms with E-state index in [4.69, 9.17) is 4.74 Å². The van der Waals surface area contributed by atoms with Crippen molar-refractivity contribution in [1.29, 1.82) is 0 Å². The highest BCUT2D eigenvalue weighted by molar-refractivity contribution is 9.10. The Morgan fingerprint density at radius 2 is 2.08 bits per heavy atom. The standard InChI is InChI=1S/C19H21BrN2O3/c1-10-15(18(24)25-4)17(11-6-5-7-14(20)22-11)16-12(21-10)8-19(2,3)9-13(16)23/h5-7,17,21H,8-9H2,1-4H3/t17-/m1/s1. The van der Waals surface area contributed by atoms with Gasteiger partial charge in [0.2, 0.25) is 0 Å². The van der Waals surface area contributed by atoms with E-state index in [0.717, 1.165) is 12.1 Å². The number of ketones is 1. The molecule has 1 aromatic heterocycles. The molecule has 5 nitrogen and oxygen atoms in total. The molecule has 25 heavy (non-hydrogen) atoms. The van der Waals surface area contributed by atoms with Crippen molar-refractivity contribution in [2.24, 2.45) is 5.41 Å². The molecule has 2 aliphatic rings. The van der Waals surface area contributed by atoms with Crippen molar-refractivity contribution < 1.29 is 14.3 Å². The first-order valence-electron chi connectivity index (χ1n) is 8.18. The van der Waals surface area contributed by atoms with E-state index in [1.807, 2.05) is 25.1 Å². The lowest BCUT2D eigenvalue weighted by Gasteiger charge is -2.39. The van der Waals surface area contributed by atoms with Gasteiger partial charge < -0.3 is 10.1 Å². The molecule has 0 saturated carbocycles. The Bertz CT molecular complexity index is 824. The van der Waals surface area contributed by atoms with Gasteiger partial charge in [0.15, 0.2) is 5.78 Å². The second-order valence-corrected chi connectivity index (χ2v) is 8.12. The third kappa shape index (κ3) is 3.27. The van der Waals surface area contributed by atoms with Crippen LogP contribution in [0.25, 0.3) is 0 Å². The first-order valence-corrected chi connectivity index (χ1v) is 8.97. The van der Waals surface area contributed by atoms with Crippen LogP contribution in [0.5, 0.6) is 0 Å². The zero-order chi connectivity index (χ0) is 18.4. The van der Waals surface area contributed by atoms with E-state index in [2.05, 4.69) is 40.1 Å². The number of methoxy groups -OCH3 is 1. The maximum Gasteiger partial charge on any atom is 0.336 e. The van der Waals surface area contributed by atoms with Crippen molar-refractivity contribution in [1.82, 2.24) is 10.3 Å². The molecule has 1 aliphatic carbocycles. The Morgan fingerprint density at radius 3 is 2.72 bits per heavy atom. The molecule has 2 heterocycles. The lowest BCUT2D eigenvalue weighted by Crippen LogP contribution is -2.38. The van der Waals surface area contributed by atoms with E-state index in [0.29, 0.717) is 33.6 Å². The van der Waals surface area contributed by atoms with Gasteiger partial charge in [-0.05, 0) is 46.8 Å². The van der Waals surface area contributed by atoms with Gasteiger partial charge in [0.25, 0.3) is 0 Å². The Kier molecular flexibility index (Phi) is 4.58. The zero-order valence-electron chi connectivity index (χ0n) is 14.8. The van der Waals surface area contributed by atoms with E-state index < -0.39 is 11.9 Å². The largest absolute Gasteiger partial charge is 0.466 e. The van der Waals surface area contributed by atoms with Gasteiger partial charge in [0.05, 0.1) is 24.3 Å². The molecule has 0 saturated heterocycles. The SMILES string of the molecule is COC(=O)C1=C(C)NC2=C(C(=O)CC(C)(C)C2)[C@@H]1c1cccc(Br)n1. The number of rotatable bonds is 2. The number of pyridine rings is 1. The smallest absolute Gasteiger partial charge is 0.336 e. The van der Waals surface area contributed by atoms with Crippen molar-refractivity contribution in [2.75, 3.05) is 7.11 Å². The van der Waals surface area contributed by atoms with Crippen LogP contribution in [0.15, 0.2) is 45.3 Å². The number of ether oxygens (including phenoxy) is 1. The second kappa shape index (κ2) is 6.41. The van der Waals surface area contributed by atoms with Gasteiger partial charge in [-0.15, -0.1) is 0 Å². The van der Waals surface area contributed by atoms with E-state index in [9.17, 15) is 9.59 Å². The van der Waals surface area contributed by atoms with Crippen LogP contribution in [0.1, 0.15) is 45.2 Å². The zero-order valence-corrected chi connectivity index (χ0v) is 16.4. The van der Waals surface area contributed by atoms with Gasteiger partial charge in [-0.25, -0.2) is 9.78 Å². The Morgan fingerprint density at radius 1 is 1.36 bits per heavy atom. The number of carbonyl (C=O) groups excluding carboxylic acids is 2. The monoisotopic (exact) mass is 404 g/mol. The summed E-state index contributed by atoms with van der Waals surface area (Å²) in [7, 11) is 1.35. The average molecular weight is 405 g/mol. The van der Waals surface area contributed by atoms with E-state index in [1.165, 1.54) is 7.11 Å². The quantitative estimate of drug-likeness (QED) is 0.601. The molecule has 132 valence electrons. The van der Waals surface area contributed by atoms with Crippen LogP contribution >= 0.6 is 15.9 Å². The van der Waals surface area contributed by atoms with E-state index in [1.54, 1.807) is 0 Å². The summed E-state index contributed by atoms with van der Waals surface area (Å²) in [5.74, 6) is -0.898. The van der Waals surface area contributed by atoms with Gasteiger partial charge in [0.1, 0.15) is 4.60 Å². The van der Waals surface area contributed by atoms with Gasteiger partial charge in [-0.3, -0.25) is 4.79 Å². The fourth-order valence-electron chi connectivity index (χ4n) is 3.70. The van der Waals surface area contributed by atoms with Gasteiger partial charge >= 0.3 is 5.97 Å². The number of hydrogen-bond donors (Lipinski definition) is 1. The molecule has 1 aliphatic heterocycles. The van der Waals surface area contributed by atoms with Crippen molar-refractivity contribution in [3.63, 3.8) is 0 Å². The number of carbonyl (C=O) groups is 2. The van der Waals surface area contributed by atoms with Crippen molar-refractivity contribution in [2.45, 2.75) is 39.5 Å². The minimum atomic E-state index is -0.509. The molecule has 1 aromatic rings. The molecule has 0 bridgehead atoms. The minimum Gasteiger partial charge on any atom is -0.466 e. The van der Waals surface area contributed by atoms with Crippen LogP contribution in [-0.2, 0) is 14.3 Å². The summed E-state index contributed by atoms with van der Waals surface area (Å²) >= 11 is 3.38. The molecule has 3 rings (SSSR count). The normalized spacial score (nSPS) is 22.4. The molecule has 1 atom stereocenters. The Labute approximate surface area is 155 Å². The highest BCUT2D eigenvalue weighted by Gasteiger charge is 2.43. The number of allylic oxidation sites excluding steroid dienone is 3. The van der Waals surface area contributed by atoms with Crippen LogP contribution in [0.3, 0.4) is 0 Å².